The van der Waals surface area contributed by atoms with E-state index in [0.29, 0.717) is 5.69 Å². The Morgan fingerprint density at radius 1 is 1.15 bits per heavy atom. The number of carbonyl (C=O) groups excluding carboxylic acids is 2. The van der Waals surface area contributed by atoms with Gasteiger partial charge in [-0.15, -0.1) is 0 Å². The number of nitrogens with one attached hydrogen (secondary N) is 1. The van der Waals surface area contributed by atoms with Gasteiger partial charge in [0.25, 0.3) is 11.6 Å². The highest BCUT2D eigenvalue weighted by molar-refractivity contribution is 5.95. The SMILES string of the molecule is C[C@@H](OC(=O)COc1ccc([N+](=O)[O-])cc1)C(=O)Nc1ccc(F)cc1. The number of benzene rings is 2. The molecule has 0 radical (unpaired) electrons. The summed E-state index contributed by atoms with van der Waals surface area (Å²) in [6, 6.07) is 10.3. The van der Waals surface area contributed by atoms with Crippen molar-refractivity contribution < 1.29 is 28.4 Å². The molecule has 136 valence electrons. The Morgan fingerprint density at radius 3 is 2.35 bits per heavy atom. The summed E-state index contributed by atoms with van der Waals surface area (Å²) in [4.78, 5) is 33.6. The van der Waals surface area contributed by atoms with Crippen molar-refractivity contribution in [3.05, 3.63) is 64.5 Å². The molecule has 0 spiro atoms. The lowest BCUT2D eigenvalue weighted by atomic mass is 10.3. The molecule has 26 heavy (non-hydrogen) atoms. The van der Waals surface area contributed by atoms with Crippen LogP contribution in [0.1, 0.15) is 6.92 Å². The number of carbonyl (C=O) groups is 2. The van der Waals surface area contributed by atoms with Crippen molar-refractivity contribution in [2.24, 2.45) is 0 Å². The molecule has 0 fully saturated rings. The summed E-state index contributed by atoms with van der Waals surface area (Å²) >= 11 is 0. The van der Waals surface area contributed by atoms with E-state index in [1.807, 2.05) is 0 Å². The van der Waals surface area contributed by atoms with Crippen LogP contribution in [-0.4, -0.2) is 29.5 Å². The normalized spacial score (nSPS) is 11.3. The van der Waals surface area contributed by atoms with Gasteiger partial charge >= 0.3 is 5.97 Å². The van der Waals surface area contributed by atoms with Gasteiger partial charge in [-0.2, -0.15) is 0 Å². The van der Waals surface area contributed by atoms with Gasteiger partial charge < -0.3 is 14.8 Å². The van der Waals surface area contributed by atoms with Crippen molar-refractivity contribution in [2.45, 2.75) is 13.0 Å². The summed E-state index contributed by atoms with van der Waals surface area (Å²) in [6.45, 7) is 0.911. The monoisotopic (exact) mass is 362 g/mol. The van der Waals surface area contributed by atoms with Crippen LogP contribution in [0.2, 0.25) is 0 Å². The molecule has 0 unspecified atom stereocenters. The highest BCUT2D eigenvalue weighted by Crippen LogP contribution is 2.17. The molecule has 0 saturated heterocycles. The lowest BCUT2D eigenvalue weighted by molar-refractivity contribution is -0.384. The van der Waals surface area contributed by atoms with Crippen LogP contribution >= 0.6 is 0 Å². The average molecular weight is 362 g/mol. The lowest BCUT2D eigenvalue weighted by Crippen LogP contribution is -2.31. The van der Waals surface area contributed by atoms with E-state index in [9.17, 15) is 24.1 Å². The topological polar surface area (TPSA) is 108 Å². The van der Waals surface area contributed by atoms with Crippen molar-refractivity contribution in [1.29, 1.82) is 0 Å². The first kappa shape index (κ1) is 18.8. The van der Waals surface area contributed by atoms with E-state index >= 15 is 0 Å². The predicted molar refractivity (Wildman–Crippen MR) is 89.2 cm³/mol. The highest BCUT2D eigenvalue weighted by Gasteiger charge is 2.18. The number of nitrogens with zero attached hydrogens (tertiary/aromatic N) is 1. The van der Waals surface area contributed by atoms with Crippen LogP contribution in [0.3, 0.4) is 0 Å². The molecule has 0 heterocycles. The summed E-state index contributed by atoms with van der Waals surface area (Å²) < 4.78 is 22.9. The van der Waals surface area contributed by atoms with Crippen LogP contribution in [0.5, 0.6) is 5.75 Å². The number of rotatable bonds is 7. The Labute approximate surface area is 147 Å². The maximum atomic E-state index is 12.8. The molecule has 0 aromatic heterocycles. The lowest BCUT2D eigenvalue weighted by Gasteiger charge is -2.14. The van der Waals surface area contributed by atoms with Crippen LogP contribution < -0.4 is 10.1 Å². The maximum Gasteiger partial charge on any atom is 0.344 e. The molecule has 9 heteroatoms. The van der Waals surface area contributed by atoms with Gasteiger partial charge in [-0.05, 0) is 43.3 Å². The predicted octanol–water partition coefficient (Wildman–Crippen LogP) is 2.68. The zero-order valence-corrected chi connectivity index (χ0v) is 13.7. The number of anilines is 1. The number of esters is 1. The largest absolute Gasteiger partial charge is 0.482 e. The molecule has 8 nitrogen and oxygen atoms in total. The number of hydrogen-bond acceptors (Lipinski definition) is 6. The number of amides is 1. The molecule has 0 aliphatic heterocycles. The van der Waals surface area contributed by atoms with E-state index in [2.05, 4.69) is 5.32 Å². The summed E-state index contributed by atoms with van der Waals surface area (Å²) in [5.41, 5.74) is 0.257. The van der Waals surface area contributed by atoms with Crippen LogP contribution in [0.4, 0.5) is 15.8 Å². The second kappa shape index (κ2) is 8.56. The van der Waals surface area contributed by atoms with Crippen LogP contribution in [0.15, 0.2) is 48.5 Å². The number of non-ortho nitro benzene ring substituents is 1. The second-order valence-corrected chi connectivity index (χ2v) is 5.17. The molecule has 1 atom stereocenters. The van der Waals surface area contributed by atoms with E-state index in [-0.39, 0.29) is 11.4 Å². The molecular formula is C17H15FN2O6. The Bertz CT molecular complexity index is 792. The van der Waals surface area contributed by atoms with E-state index in [4.69, 9.17) is 9.47 Å². The number of ether oxygens (including phenoxy) is 2. The van der Waals surface area contributed by atoms with Crippen LogP contribution in [-0.2, 0) is 14.3 Å². The Morgan fingerprint density at radius 2 is 1.77 bits per heavy atom. The van der Waals surface area contributed by atoms with E-state index in [0.717, 1.165) is 0 Å². The second-order valence-electron chi connectivity index (χ2n) is 5.17. The summed E-state index contributed by atoms with van der Waals surface area (Å²) in [7, 11) is 0. The first-order chi connectivity index (χ1) is 12.3. The molecule has 0 saturated carbocycles. The third-order valence-corrected chi connectivity index (χ3v) is 3.19. The molecule has 1 amide bonds. The Kier molecular flexibility index (Phi) is 6.20. The minimum absolute atomic E-state index is 0.106. The summed E-state index contributed by atoms with van der Waals surface area (Å²) in [5.74, 6) is -1.56. The van der Waals surface area contributed by atoms with Gasteiger partial charge in [0.1, 0.15) is 11.6 Å². The molecule has 0 aliphatic carbocycles. The Hall–Kier alpha value is -3.49. The third-order valence-electron chi connectivity index (χ3n) is 3.19. The molecule has 0 aliphatic rings. The quantitative estimate of drug-likeness (QED) is 0.461. The highest BCUT2D eigenvalue weighted by atomic mass is 19.1. The zero-order valence-electron chi connectivity index (χ0n) is 13.7. The molecular weight excluding hydrogens is 347 g/mol. The molecule has 2 aromatic rings. The fraction of sp³-hybridized carbons (Fsp3) is 0.176. The minimum Gasteiger partial charge on any atom is -0.482 e. The van der Waals surface area contributed by atoms with Crippen molar-refractivity contribution in [2.75, 3.05) is 11.9 Å². The van der Waals surface area contributed by atoms with Crippen molar-refractivity contribution >= 4 is 23.3 Å². The third kappa shape index (κ3) is 5.55. The van der Waals surface area contributed by atoms with Gasteiger partial charge in [0.15, 0.2) is 12.7 Å². The van der Waals surface area contributed by atoms with Gasteiger partial charge in [0, 0.05) is 17.8 Å². The van der Waals surface area contributed by atoms with Crippen LogP contribution in [0.25, 0.3) is 0 Å². The van der Waals surface area contributed by atoms with E-state index in [1.54, 1.807) is 0 Å². The average Bonchev–Trinajstić information content (AvgIpc) is 2.62. The van der Waals surface area contributed by atoms with Crippen molar-refractivity contribution in [1.82, 2.24) is 0 Å². The first-order valence-electron chi connectivity index (χ1n) is 7.48. The fourth-order valence-corrected chi connectivity index (χ4v) is 1.87. The van der Waals surface area contributed by atoms with Crippen LogP contribution in [0, 0.1) is 15.9 Å². The molecule has 0 bridgehead atoms. The number of nitro groups is 1. The fourth-order valence-electron chi connectivity index (χ4n) is 1.87. The van der Waals surface area contributed by atoms with Crippen molar-refractivity contribution in [3.8, 4) is 5.75 Å². The summed E-state index contributed by atoms with van der Waals surface area (Å²) in [6.07, 6.45) is -1.09. The molecule has 2 rings (SSSR count). The smallest absolute Gasteiger partial charge is 0.344 e. The zero-order chi connectivity index (χ0) is 19.1. The minimum atomic E-state index is -1.09. The maximum absolute atomic E-state index is 12.8. The summed E-state index contributed by atoms with van der Waals surface area (Å²) in [5, 5.41) is 13.0. The van der Waals surface area contributed by atoms with E-state index < -0.39 is 35.3 Å². The van der Waals surface area contributed by atoms with Crippen molar-refractivity contribution in [3.63, 3.8) is 0 Å². The number of nitro benzene ring substituents is 1. The molecule has 2 aromatic carbocycles. The van der Waals surface area contributed by atoms with Gasteiger partial charge in [0.05, 0.1) is 4.92 Å². The first-order valence-corrected chi connectivity index (χ1v) is 7.48. The van der Waals surface area contributed by atoms with Gasteiger partial charge in [-0.25, -0.2) is 9.18 Å². The standard InChI is InChI=1S/C17H15FN2O6/c1-11(17(22)19-13-4-2-12(18)3-5-13)26-16(21)10-25-15-8-6-14(7-9-15)20(23)24/h2-9,11H,10H2,1H3,(H,19,22)/t11-/m1/s1. The molecule has 1 N–H and O–H groups in total. The van der Waals surface area contributed by atoms with E-state index in [1.165, 1.54) is 55.5 Å². The van der Waals surface area contributed by atoms with Gasteiger partial charge in [-0.3, -0.25) is 14.9 Å². The Balaban J connectivity index is 1.79. The number of halogens is 1. The number of hydrogen-bond donors (Lipinski definition) is 1. The van der Waals surface area contributed by atoms with Gasteiger partial charge in [-0.1, -0.05) is 0 Å². The van der Waals surface area contributed by atoms with Gasteiger partial charge in [0.2, 0.25) is 0 Å².